The fourth-order valence-electron chi connectivity index (χ4n) is 4.06. The van der Waals surface area contributed by atoms with Crippen LogP contribution in [0.2, 0.25) is 5.02 Å². The highest BCUT2D eigenvalue weighted by Gasteiger charge is 2.33. The molecule has 0 aromatic carbocycles. The van der Waals surface area contributed by atoms with Crippen molar-refractivity contribution >= 4 is 57.4 Å². The lowest BCUT2D eigenvalue weighted by atomic mass is 10.2. The number of hydrogen-bond acceptors (Lipinski definition) is 8. The number of fused-ring (bicyclic) bond motifs is 2. The van der Waals surface area contributed by atoms with Crippen molar-refractivity contribution in [3.63, 3.8) is 0 Å². The lowest BCUT2D eigenvalue weighted by Crippen LogP contribution is -2.35. The van der Waals surface area contributed by atoms with Gasteiger partial charge in [0.15, 0.2) is 17.3 Å². The number of anilines is 1. The molecule has 5 heterocycles. The summed E-state index contributed by atoms with van der Waals surface area (Å²) in [6.45, 7) is 0.688. The van der Waals surface area contributed by atoms with Crippen molar-refractivity contribution in [3.8, 4) is 0 Å². The minimum absolute atomic E-state index is 0. The van der Waals surface area contributed by atoms with Crippen molar-refractivity contribution in [2.24, 2.45) is 0 Å². The number of aromatic amines is 1. The summed E-state index contributed by atoms with van der Waals surface area (Å²) in [6, 6.07) is 1.32. The fourth-order valence-corrected chi connectivity index (χ4v) is 4.80. The molecule has 14 heteroatoms. The van der Waals surface area contributed by atoms with E-state index in [2.05, 4.69) is 29.9 Å². The van der Waals surface area contributed by atoms with Crippen LogP contribution in [0, 0.1) is 0 Å². The summed E-state index contributed by atoms with van der Waals surface area (Å²) in [4.78, 5) is 31.2. The Kier molecular flexibility index (Phi) is 5.90. The second-order valence-electron chi connectivity index (χ2n) is 7.55. The minimum Gasteiger partial charge on any atom is -0.344 e. The van der Waals surface area contributed by atoms with Crippen LogP contribution >= 0.6 is 25.1 Å². The highest BCUT2D eigenvalue weighted by atomic mass is 35.5. The fraction of sp³-hybridized carbons (Fsp3) is 0.389. The van der Waals surface area contributed by atoms with Gasteiger partial charge in [-0.3, -0.25) is 9.36 Å². The van der Waals surface area contributed by atoms with Gasteiger partial charge < -0.3 is 9.88 Å². The zero-order chi connectivity index (χ0) is 21.8. The van der Waals surface area contributed by atoms with Crippen molar-refractivity contribution in [1.82, 2.24) is 34.1 Å². The van der Waals surface area contributed by atoms with E-state index in [1.54, 1.807) is 18.6 Å². The van der Waals surface area contributed by atoms with Crippen LogP contribution in [0.1, 0.15) is 24.7 Å². The number of imidazole rings is 1. The molecule has 1 aliphatic heterocycles. The maximum atomic E-state index is 13.3. The summed E-state index contributed by atoms with van der Waals surface area (Å²) < 4.78 is 26.5. The summed E-state index contributed by atoms with van der Waals surface area (Å²) >= 11 is 6.20. The van der Waals surface area contributed by atoms with Crippen LogP contribution in [0.3, 0.4) is 0 Å². The highest BCUT2D eigenvalue weighted by Crippen LogP contribution is 2.36. The van der Waals surface area contributed by atoms with Gasteiger partial charge >= 0.3 is 0 Å². The highest BCUT2D eigenvalue weighted by molar-refractivity contribution is 7.90. The molecule has 0 unspecified atom stereocenters. The van der Waals surface area contributed by atoms with Gasteiger partial charge in [0.1, 0.15) is 27.2 Å². The Labute approximate surface area is 194 Å². The molecule has 11 nitrogen and oxygen atoms in total. The molecule has 0 spiro atoms. The van der Waals surface area contributed by atoms with Crippen LogP contribution in [0.4, 0.5) is 5.82 Å². The summed E-state index contributed by atoms with van der Waals surface area (Å²) in [5, 5.41) is 4.95. The number of nitrogens with zero attached hydrogens (tertiary/aromatic N) is 7. The number of hydrogen-bond donors (Lipinski definition) is 1. The van der Waals surface area contributed by atoms with E-state index in [9.17, 15) is 13.2 Å². The van der Waals surface area contributed by atoms with Gasteiger partial charge in [0, 0.05) is 25.5 Å². The van der Waals surface area contributed by atoms with Gasteiger partial charge in [-0.15, -0.1) is 0 Å². The Morgan fingerprint density at radius 2 is 2.09 bits per heavy atom. The average Bonchev–Trinajstić information content (AvgIpc) is 3.45. The third-order valence-electron chi connectivity index (χ3n) is 5.46. The number of sulfone groups is 1. The zero-order valence-electron chi connectivity index (χ0n) is 17.1. The number of aromatic nitrogens is 7. The average molecular weight is 497 g/mol. The van der Waals surface area contributed by atoms with Crippen LogP contribution in [-0.2, 0) is 16.4 Å². The van der Waals surface area contributed by atoms with E-state index in [0.717, 1.165) is 19.1 Å². The second-order valence-corrected chi connectivity index (χ2v) is 10.2. The van der Waals surface area contributed by atoms with E-state index < -0.39 is 9.84 Å². The molecular formula is C18H21ClN8O3S2. The molecule has 1 fully saturated rings. The van der Waals surface area contributed by atoms with E-state index in [4.69, 9.17) is 11.6 Å². The van der Waals surface area contributed by atoms with Crippen LogP contribution in [-0.4, -0.2) is 61.1 Å². The number of rotatable bonds is 5. The van der Waals surface area contributed by atoms with E-state index in [-0.39, 0.29) is 47.9 Å². The van der Waals surface area contributed by atoms with Gasteiger partial charge in [-0.05, 0) is 18.9 Å². The van der Waals surface area contributed by atoms with Crippen molar-refractivity contribution in [1.29, 1.82) is 0 Å². The zero-order valence-corrected chi connectivity index (χ0v) is 19.6. The molecule has 0 aliphatic carbocycles. The second kappa shape index (κ2) is 8.37. The Bertz CT molecular complexity index is 1460. The quantitative estimate of drug-likeness (QED) is 0.437. The smallest absolute Gasteiger partial charge is 0.279 e. The molecule has 0 bridgehead atoms. The first kappa shape index (κ1) is 22.6. The number of nitrogens with one attached hydrogen (secondary N) is 1. The van der Waals surface area contributed by atoms with E-state index in [1.807, 2.05) is 0 Å². The first-order valence-electron chi connectivity index (χ1n) is 9.69. The predicted octanol–water partition coefficient (Wildman–Crippen LogP) is 1.31. The Morgan fingerprint density at radius 3 is 2.88 bits per heavy atom. The predicted molar refractivity (Wildman–Crippen MR) is 126 cm³/mol. The van der Waals surface area contributed by atoms with Gasteiger partial charge in [0.2, 0.25) is 0 Å². The van der Waals surface area contributed by atoms with Gasteiger partial charge in [-0.1, -0.05) is 11.6 Å². The van der Waals surface area contributed by atoms with Crippen LogP contribution < -0.4 is 10.5 Å². The lowest BCUT2D eigenvalue weighted by molar-refractivity contribution is 0.539. The van der Waals surface area contributed by atoms with Crippen molar-refractivity contribution in [2.75, 3.05) is 23.5 Å². The Balaban J connectivity index is 0.00000245. The molecule has 5 rings (SSSR count). The number of halogens is 1. The molecular weight excluding hydrogens is 476 g/mol. The lowest BCUT2D eigenvalue weighted by Gasteiger charge is -2.27. The van der Waals surface area contributed by atoms with Crippen molar-refractivity contribution in [3.05, 3.63) is 46.1 Å². The summed E-state index contributed by atoms with van der Waals surface area (Å²) in [7, 11) is -3.29. The standard InChI is InChI=1S/C18H19ClN8O3S.H2S/c1-31(29,30)8-7-26-16(24-27-6-4-11(19)14(27)18(26)28)12-3-2-5-25(12)17-13-15(21-9-20-13)22-10-23-17;/h4,6,9-10,12H,2-3,5,7-8H2,1H3,(H,20,21,22,23);1H2/t12-;/m0./s1. The van der Waals surface area contributed by atoms with Gasteiger partial charge in [-0.2, -0.15) is 18.6 Å². The molecule has 0 radical (unpaired) electrons. The molecule has 1 saturated heterocycles. The minimum atomic E-state index is -3.29. The van der Waals surface area contributed by atoms with Crippen LogP contribution in [0.25, 0.3) is 16.7 Å². The molecule has 1 N–H and O–H groups in total. The molecule has 4 aromatic rings. The molecule has 32 heavy (non-hydrogen) atoms. The van der Waals surface area contributed by atoms with Gasteiger partial charge in [0.25, 0.3) is 5.56 Å². The summed E-state index contributed by atoms with van der Waals surface area (Å²) in [5.41, 5.74) is 1.10. The van der Waals surface area contributed by atoms with E-state index in [1.165, 1.54) is 15.4 Å². The third-order valence-corrected chi connectivity index (χ3v) is 6.69. The van der Waals surface area contributed by atoms with E-state index >= 15 is 0 Å². The topological polar surface area (TPSA) is 131 Å². The molecule has 1 aliphatic rings. The molecule has 4 aromatic heterocycles. The normalized spacial score (nSPS) is 16.7. The summed E-state index contributed by atoms with van der Waals surface area (Å²) in [6.07, 6.45) is 7.36. The van der Waals surface area contributed by atoms with E-state index in [0.29, 0.717) is 29.4 Å². The summed E-state index contributed by atoms with van der Waals surface area (Å²) in [5.74, 6) is 0.956. The molecule has 1 atom stereocenters. The van der Waals surface area contributed by atoms with Crippen molar-refractivity contribution < 1.29 is 8.42 Å². The Morgan fingerprint density at radius 1 is 1.28 bits per heavy atom. The largest absolute Gasteiger partial charge is 0.344 e. The maximum absolute atomic E-state index is 13.3. The molecule has 0 amide bonds. The Hall–Kier alpha value is -2.64. The molecule has 0 saturated carbocycles. The van der Waals surface area contributed by atoms with Crippen LogP contribution in [0.15, 0.2) is 29.7 Å². The van der Waals surface area contributed by atoms with Gasteiger partial charge in [-0.25, -0.2) is 27.9 Å². The SMILES string of the molecule is CS(=O)(=O)CCn1c([C@@H]2CCCN2c2ncnc3nc[nH]c23)nn2ccc(Cl)c2c1=O.S. The third kappa shape index (κ3) is 3.84. The number of H-pyrrole nitrogens is 1. The van der Waals surface area contributed by atoms with Crippen LogP contribution in [0.5, 0.6) is 0 Å². The van der Waals surface area contributed by atoms with Crippen molar-refractivity contribution in [2.45, 2.75) is 25.4 Å². The monoisotopic (exact) mass is 496 g/mol. The first-order chi connectivity index (χ1) is 14.8. The van der Waals surface area contributed by atoms with Gasteiger partial charge in [0.05, 0.1) is 23.1 Å². The maximum Gasteiger partial charge on any atom is 0.279 e. The first-order valence-corrected chi connectivity index (χ1v) is 12.1. The molecule has 170 valence electrons.